The predicted molar refractivity (Wildman–Crippen MR) is 90.4 cm³/mol. The third kappa shape index (κ3) is 2.75. The lowest BCUT2D eigenvalue weighted by molar-refractivity contribution is 0.949. The summed E-state index contributed by atoms with van der Waals surface area (Å²) < 4.78 is 1.77. The molecule has 0 aliphatic carbocycles. The Bertz CT molecular complexity index is 801. The molecule has 0 amide bonds. The molecule has 0 bridgehead atoms. The lowest BCUT2D eigenvalue weighted by Crippen LogP contribution is -2.21. The summed E-state index contributed by atoms with van der Waals surface area (Å²) in [6.45, 7) is 7.95. The number of aromatic nitrogens is 1. The molecule has 0 aliphatic rings. The minimum Gasteiger partial charge on any atom is -0.281 e. The van der Waals surface area contributed by atoms with Crippen molar-refractivity contribution in [3.05, 3.63) is 76.2 Å². The van der Waals surface area contributed by atoms with E-state index < -0.39 is 0 Å². The van der Waals surface area contributed by atoms with Crippen molar-refractivity contribution in [2.45, 2.75) is 27.7 Å². The van der Waals surface area contributed by atoms with E-state index in [1.54, 1.807) is 4.57 Å². The average Bonchev–Trinajstić information content (AvgIpc) is 2.50. The summed E-state index contributed by atoms with van der Waals surface area (Å²) in [6, 6.07) is 17.8. The Kier molecular flexibility index (Phi) is 4.59. The van der Waals surface area contributed by atoms with Crippen LogP contribution in [0.3, 0.4) is 0 Å². The van der Waals surface area contributed by atoms with Gasteiger partial charge in [0.15, 0.2) is 0 Å². The summed E-state index contributed by atoms with van der Waals surface area (Å²) >= 11 is 0. The van der Waals surface area contributed by atoms with Crippen LogP contribution in [0.5, 0.6) is 0 Å². The van der Waals surface area contributed by atoms with Crippen LogP contribution in [0.25, 0.3) is 16.5 Å². The molecule has 0 atom stereocenters. The van der Waals surface area contributed by atoms with Gasteiger partial charge in [-0.15, -0.1) is 0 Å². The van der Waals surface area contributed by atoms with Gasteiger partial charge in [0.1, 0.15) is 0 Å². The quantitative estimate of drug-likeness (QED) is 0.636. The van der Waals surface area contributed by atoms with Crippen LogP contribution in [-0.4, -0.2) is 4.57 Å². The van der Waals surface area contributed by atoms with Crippen molar-refractivity contribution in [3.8, 4) is 5.69 Å². The minimum atomic E-state index is 0.0549. The monoisotopic (exact) mass is 279 g/mol. The van der Waals surface area contributed by atoms with E-state index in [0.29, 0.717) is 0 Å². The molecule has 0 N–H and O–H groups in total. The van der Waals surface area contributed by atoms with Crippen LogP contribution < -0.4 is 5.56 Å². The standard InChI is InChI=1S/C17H15NO.C2H6/c1-12-7-6-8-14-11-13(2)18(17(19)16(12)14)15-9-4-3-5-10-15;1-2/h3-11H,1-2H3;1-2H3. The Labute approximate surface area is 125 Å². The molecule has 21 heavy (non-hydrogen) atoms. The van der Waals surface area contributed by atoms with Gasteiger partial charge in [0.05, 0.1) is 5.39 Å². The summed E-state index contributed by atoms with van der Waals surface area (Å²) in [6.07, 6.45) is 0. The molecule has 3 rings (SSSR count). The second-order valence-electron chi connectivity index (χ2n) is 4.80. The maximum absolute atomic E-state index is 12.7. The maximum atomic E-state index is 12.7. The zero-order valence-corrected chi connectivity index (χ0v) is 13.1. The number of rotatable bonds is 1. The molecule has 2 heteroatoms. The first kappa shape index (κ1) is 15.0. The Hall–Kier alpha value is -2.35. The summed E-state index contributed by atoms with van der Waals surface area (Å²) in [4.78, 5) is 12.7. The van der Waals surface area contributed by atoms with Crippen LogP contribution in [0.1, 0.15) is 25.1 Å². The molecule has 0 aliphatic heterocycles. The highest BCUT2D eigenvalue weighted by Gasteiger charge is 2.09. The molecular weight excluding hydrogens is 258 g/mol. The maximum Gasteiger partial charge on any atom is 0.263 e. The van der Waals surface area contributed by atoms with E-state index in [4.69, 9.17) is 0 Å². The second kappa shape index (κ2) is 6.40. The number of aryl methyl sites for hydroxylation is 2. The Morgan fingerprint density at radius 2 is 1.52 bits per heavy atom. The van der Waals surface area contributed by atoms with Crippen LogP contribution >= 0.6 is 0 Å². The van der Waals surface area contributed by atoms with Gasteiger partial charge in [0.25, 0.3) is 5.56 Å². The molecule has 1 heterocycles. The van der Waals surface area contributed by atoms with E-state index >= 15 is 0 Å². The van der Waals surface area contributed by atoms with Crippen molar-refractivity contribution in [1.29, 1.82) is 0 Å². The van der Waals surface area contributed by atoms with Crippen molar-refractivity contribution in [1.82, 2.24) is 4.57 Å². The van der Waals surface area contributed by atoms with Crippen molar-refractivity contribution in [2.75, 3.05) is 0 Å². The lowest BCUT2D eigenvalue weighted by atomic mass is 10.1. The molecule has 1 aromatic heterocycles. The highest BCUT2D eigenvalue weighted by atomic mass is 16.1. The van der Waals surface area contributed by atoms with Gasteiger partial charge in [-0.2, -0.15) is 0 Å². The zero-order chi connectivity index (χ0) is 15.4. The molecular formula is C19H21NO. The van der Waals surface area contributed by atoms with Gasteiger partial charge >= 0.3 is 0 Å². The highest BCUT2D eigenvalue weighted by Crippen LogP contribution is 2.18. The topological polar surface area (TPSA) is 22.0 Å². The largest absolute Gasteiger partial charge is 0.281 e. The summed E-state index contributed by atoms with van der Waals surface area (Å²) in [7, 11) is 0. The van der Waals surface area contributed by atoms with Gasteiger partial charge in [-0.1, -0.05) is 50.2 Å². The number of fused-ring (bicyclic) bond motifs is 1. The number of para-hydroxylation sites is 1. The summed E-state index contributed by atoms with van der Waals surface area (Å²) in [5.41, 5.74) is 2.94. The zero-order valence-electron chi connectivity index (χ0n) is 13.1. The number of benzene rings is 2. The first-order chi connectivity index (χ1) is 10.2. The molecule has 2 nitrogen and oxygen atoms in total. The molecule has 0 saturated heterocycles. The van der Waals surface area contributed by atoms with Crippen LogP contribution in [0.4, 0.5) is 0 Å². The van der Waals surface area contributed by atoms with Gasteiger partial charge < -0.3 is 0 Å². The lowest BCUT2D eigenvalue weighted by Gasteiger charge is -2.12. The fraction of sp³-hybridized carbons (Fsp3) is 0.211. The molecule has 0 saturated carbocycles. The molecule has 0 radical (unpaired) electrons. The minimum absolute atomic E-state index is 0.0549. The third-order valence-electron chi connectivity index (χ3n) is 3.45. The van der Waals surface area contributed by atoms with Crippen LogP contribution in [0, 0.1) is 13.8 Å². The van der Waals surface area contributed by atoms with Gasteiger partial charge in [-0.05, 0) is 43.0 Å². The molecule has 0 fully saturated rings. The van der Waals surface area contributed by atoms with E-state index in [2.05, 4.69) is 6.07 Å². The molecule has 0 spiro atoms. The fourth-order valence-electron chi connectivity index (χ4n) is 2.56. The van der Waals surface area contributed by atoms with Crippen LogP contribution in [0.2, 0.25) is 0 Å². The number of nitrogens with zero attached hydrogens (tertiary/aromatic N) is 1. The summed E-state index contributed by atoms with van der Waals surface area (Å²) in [5.74, 6) is 0. The Balaban J connectivity index is 0.000000774. The van der Waals surface area contributed by atoms with Gasteiger partial charge in [0.2, 0.25) is 0 Å². The third-order valence-corrected chi connectivity index (χ3v) is 3.45. The fourth-order valence-corrected chi connectivity index (χ4v) is 2.56. The van der Waals surface area contributed by atoms with Gasteiger partial charge in [-0.3, -0.25) is 9.36 Å². The number of pyridine rings is 1. The number of hydrogen-bond donors (Lipinski definition) is 0. The van der Waals surface area contributed by atoms with Gasteiger partial charge in [0, 0.05) is 11.4 Å². The number of hydrogen-bond acceptors (Lipinski definition) is 1. The van der Waals surface area contributed by atoms with Crippen molar-refractivity contribution in [2.24, 2.45) is 0 Å². The van der Waals surface area contributed by atoms with E-state index in [1.165, 1.54) is 0 Å². The first-order valence-corrected chi connectivity index (χ1v) is 7.36. The average molecular weight is 279 g/mol. The van der Waals surface area contributed by atoms with E-state index in [1.807, 2.05) is 76.2 Å². The van der Waals surface area contributed by atoms with Crippen molar-refractivity contribution < 1.29 is 0 Å². The normalized spacial score (nSPS) is 10.1. The molecule has 0 unspecified atom stereocenters. The summed E-state index contributed by atoms with van der Waals surface area (Å²) in [5, 5.41) is 1.81. The smallest absolute Gasteiger partial charge is 0.263 e. The highest BCUT2D eigenvalue weighted by molar-refractivity contribution is 5.85. The molecule has 108 valence electrons. The Morgan fingerprint density at radius 3 is 2.19 bits per heavy atom. The van der Waals surface area contributed by atoms with Gasteiger partial charge in [-0.25, -0.2) is 0 Å². The Morgan fingerprint density at radius 1 is 0.857 bits per heavy atom. The van der Waals surface area contributed by atoms with E-state index in [-0.39, 0.29) is 5.56 Å². The second-order valence-corrected chi connectivity index (χ2v) is 4.80. The van der Waals surface area contributed by atoms with Crippen LogP contribution in [-0.2, 0) is 0 Å². The van der Waals surface area contributed by atoms with E-state index in [9.17, 15) is 4.79 Å². The van der Waals surface area contributed by atoms with Crippen LogP contribution in [0.15, 0.2) is 59.4 Å². The SMILES string of the molecule is CC.Cc1cccc2cc(C)n(-c3ccccc3)c(=O)c12. The molecule has 3 aromatic rings. The first-order valence-electron chi connectivity index (χ1n) is 7.36. The van der Waals surface area contributed by atoms with Crippen molar-refractivity contribution >= 4 is 10.8 Å². The van der Waals surface area contributed by atoms with Crippen molar-refractivity contribution in [3.63, 3.8) is 0 Å². The predicted octanol–water partition coefficient (Wildman–Crippen LogP) is 4.63. The molecule has 2 aromatic carbocycles. The van der Waals surface area contributed by atoms with E-state index in [0.717, 1.165) is 27.7 Å².